The molecule has 1 N–H and O–H groups in total. The first-order chi connectivity index (χ1) is 7.66. The fourth-order valence-electron chi connectivity index (χ4n) is 2.33. The zero-order valence-corrected chi connectivity index (χ0v) is 8.99. The molecular weight excluding hydrogens is 205 g/mol. The Morgan fingerprint density at radius 2 is 1.81 bits per heavy atom. The van der Waals surface area contributed by atoms with Gasteiger partial charge >= 0.3 is 0 Å². The van der Waals surface area contributed by atoms with E-state index in [1.807, 2.05) is 0 Å². The molecule has 2 rings (SSSR count). The fraction of sp³-hybridized carbons (Fsp3) is 0.462. The van der Waals surface area contributed by atoms with Crippen LogP contribution in [-0.2, 0) is 5.41 Å². The molecule has 0 radical (unpaired) electrons. The minimum Gasteiger partial charge on any atom is -0.393 e. The Morgan fingerprint density at radius 1 is 1.25 bits per heavy atom. The van der Waals surface area contributed by atoms with Crippen molar-refractivity contribution in [1.29, 1.82) is 5.26 Å². The predicted octanol–water partition coefficient (Wildman–Crippen LogP) is 2.52. The van der Waals surface area contributed by atoms with Crippen LogP contribution < -0.4 is 0 Å². The number of nitrogens with zero attached hydrogens (tertiary/aromatic N) is 1. The highest BCUT2D eigenvalue weighted by atomic mass is 19.1. The molecule has 0 saturated heterocycles. The van der Waals surface area contributed by atoms with Crippen LogP contribution in [-0.4, -0.2) is 11.2 Å². The lowest BCUT2D eigenvalue weighted by molar-refractivity contribution is 0.109. The molecular formula is C13H14FNO. The van der Waals surface area contributed by atoms with Gasteiger partial charge in [-0.05, 0) is 43.4 Å². The number of aliphatic hydroxyl groups is 1. The van der Waals surface area contributed by atoms with E-state index in [1.54, 1.807) is 12.1 Å². The molecule has 1 aromatic rings. The second-order valence-electron chi connectivity index (χ2n) is 4.43. The zero-order chi connectivity index (χ0) is 11.6. The Hall–Kier alpha value is -1.40. The molecule has 16 heavy (non-hydrogen) atoms. The zero-order valence-electron chi connectivity index (χ0n) is 8.99. The van der Waals surface area contributed by atoms with Crippen LogP contribution in [0.5, 0.6) is 0 Å². The number of hydrogen-bond donors (Lipinski definition) is 1. The first kappa shape index (κ1) is 11.1. The molecule has 0 atom stereocenters. The third kappa shape index (κ3) is 1.94. The SMILES string of the molecule is N#CC1(c2ccc(F)cc2)CCC(O)CC1. The van der Waals surface area contributed by atoms with Crippen molar-refractivity contribution >= 4 is 0 Å². The van der Waals surface area contributed by atoms with Crippen LogP contribution in [0.4, 0.5) is 4.39 Å². The van der Waals surface area contributed by atoms with Gasteiger partial charge in [-0.15, -0.1) is 0 Å². The summed E-state index contributed by atoms with van der Waals surface area (Å²) in [7, 11) is 0. The maximum absolute atomic E-state index is 12.8. The topological polar surface area (TPSA) is 44.0 Å². The van der Waals surface area contributed by atoms with Gasteiger partial charge in [0, 0.05) is 0 Å². The van der Waals surface area contributed by atoms with Gasteiger partial charge in [-0.3, -0.25) is 0 Å². The molecule has 0 bridgehead atoms. The van der Waals surface area contributed by atoms with E-state index in [1.165, 1.54) is 12.1 Å². The van der Waals surface area contributed by atoms with Crippen LogP contribution in [0, 0.1) is 17.1 Å². The second kappa shape index (κ2) is 4.23. The molecule has 84 valence electrons. The summed E-state index contributed by atoms with van der Waals surface area (Å²) in [5, 5.41) is 18.8. The maximum atomic E-state index is 12.8. The van der Waals surface area contributed by atoms with E-state index < -0.39 is 5.41 Å². The van der Waals surface area contributed by atoms with Gasteiger partial charge < -0.3 is 5.11 Å². The predicted molar refractivity (Wildman–Crippen MR) is 58.2 cm³/mol. The van der Waals surface area contributed by atoms with Crippen LogP contribution >= 0.6 is 0 Å². The molecule has 2 nitrogen and oxygen atoms in total. The average Bonchev–Trinajstić information content (AvgIpc) is 2.32. The van der Waals surface area contributed by atoms with Crippen molar-refractivity contribution in [3.63, 3.8) is 0 Å². The van der Waals surface area contributed by atoms with E-state index in [2.05, 4.69) is 6.07 Å². The molecule has 1 aromatic carbocycles. The summed E-state index contributed by atoms with van der Waals surface area (Å²) in [5.74, 6) is -0.285. The van der Waals surface area contributed by atoms with Crippen molar-refractivity contribution in [2.45, 2.75) is 37.2 Å². The molecule has 1 fully saturated rings. The highest BCUT2D eigenvalue weighted by Gasteiger charge is 2.36. The molecule has 3 heteroatoms. The molecule has 0 heterocycles. The summed E-state index contributed by atoms with van der Waals surface area (Å²) >= 11 is 0. The fourth-order valence-corrected chi connectivity index (χ4v) is 2.33. The molecule has 1 aliphatic rings. The highest BCUT2D eigenvalue weighted by molar-refractivity contribution is 5.33. The van der Waals surface area contributed by atoms with E-state index in [0.29, 0.717) is 25.7 Å². The van der Waals surface area contributed by atoms with Crippen LogP contribution in [0.2, 0.25) is 0 Å². The first-order valence-corrected chi connectivity index (χ1v) is 5.52. The van der Waals surface area contributed by atoms with Gasteiger partial charge in [0.2, 0.25) is 0 Å². The number of rotatable bonds is 1. The maximum Gasteiger partial charge on any atom is 0.123 e. The van der Waals surface area contributed by atoms with E-state index >= 15 is 0 Å². The normalized spacial score (nSPS) is 29.7. The van der Waals surface area contributed by atoms with Gasteiger partial charge in [0.1, 0.15) is 5.82 Å². The highest BCUT2D eigenvalue weighted by Crippen LogP contribution is 2.38. The Labute approximate surface area is 94.3 Å². The Bertz CT molecular complexity index is 399. The van der Waals surface area contributed by atoms with Crippen molar-refractivity contribution in [2.24, 2.45) is 0 Å². The summed E-state index contributed by atoms with van der Waals surface area (Å²) in [6.07, 6.45) is 2.30. The lowest BCUT2D eigenvalue weighted by Crippen LogP contribution is -2.32. The third-order valence-corrected chi connectivity index (χ3v) is 3.42. The smallest absolute Gasteiger partial charge is 0.123 e. The van der Waals surface area contributed by atoms with Crippen molar-refractivity contribution in [3.8, 4) is 6.07 Å². The number of halogens is 1. The molecule has 0 unspecified atom stereocenters. The third-order valence-electron chi connectivity index (χ3n) is 3.42. The minimum atomic E-state index is -0.535. The van der Waals surface area contributed by atoms with Gasteiger partial charge in [-0.2, -0.15) is 5.26 Å². The molecule has 0 amide bonds. The van der Waals surface area contributed by atoms with Gasteiger partial charge in [0.05, 0.1) is 17.6 Å². The minimum absolute atomic E-state index is 0.285. The van der Waals surface area contributed by atoms with Crippen LogP contribution in [0.1, 0.15) is 31.2 Å². The van der Waals surface area contributed by atoms with Crippen LogP contribution in [0.3, 0.4) is 0 Å². The second-order valence-corrected chi connectivity index (χ2v) is 4.43. The van der Waals surface area contributed by atoms with Gasteiger partial charge in [-0.1, -0.05) is 12.1 Å². The van der Waals surface area contributed by atoms with Crippen molar-refractivity contribution in [2.75, 3.05) is 0 Å². The van der Waals surface area contributed by atoms with E-state index in [0.717, 1.165) is 5.56 Å². The lowest BCUT2D eigenvalue weighted by Gasteiger charge is -2.33. The summed E-state index contributed by atoms with van der Waals surface area (Å²) in [4.78, 5) is 0. The standard InChI is InChI=1S/C13H14FNO/c14-11-3-1-10(2-4-11)13(9-15)7-5-12(16)6-8-13/h1-4,12,16H,5-8H2. The monoisotopic (exact) mass is 219 g/mol. The quantitative estimate of drug-likeness (QED) is 0.788. The molecule has 0 aromatic heterocycles. The van der Waals surface area contributed by atoms with E-state index in [-0.39, 0.29) is 11.9 Å². The van der Waals surface area contributed by atoms with Gasteiger partial charge in [-0.25, -0.2) is 4.39 Å². The average molecular weight is 219 g/mol. The van der Waals surface area contributed by atoms with Crippen LogP contribution in [0.25, 0.3) is 0 Å². The number of nitriles is 1. The summed E-state index contributed by atoms with van der Waals surface area (Å²) in [6, 6.07) is 8.47. The Kier molecular flexibility index (Phi) is 2.93. The number of hydrogen-bond acceptors (Lipinski definition) is 2. The van der Waals surface area contributed by atoms with Crippen molar-refractivity contribution in [3.05, 3.63) is 35.6 Å². The lowest BCUT2D eigenvalue weighted by atomic mass is 9.70. The first-order valence-electron chi connectivity index (χ1n) is 5.52. The summed E-state index contributed by atoms with van der Waals surface area (Å²) < 4.78 is 12.8. The van der Waals surface area contributed by atoms with Crippen molar-refractivity contribution < 1.29 is 9.50 Å². The Balaban J connectivity index is 2.29. The largest absolute Gasteiger partial charge is 0.393 e. The molecule has 1 aliphatic carbocycles. The number of aliphatic hydroxyl groups excluding tert-OH is 1. The van der Waals surface area contributed by atoms with Crippen LogP contribution in [0.15, 0.2) is 24.3 Å². The van der Waals surface area contributed by atoms with Crippen molar-refractivity contribution in [1.82, 2.24) is 0 Å². The number of benzene rings is 1. The molecule has 0 aliphatic heterocycles. The molecule has 0 spiro atoms. The molecule has 1 saturated carbocycles. The van der Waals surface area contributed by atoms with E-state index in [9.17, 15) is 14.8 Å². The Morgan fingerprint density at radius 3 is 2.31 bits per heavy atom. The summed E-state index contributed by atoms with van der Waals surface area (Å²) in [6.45, 7) is 0. The summed E-state index contributed by atoms with van der Waals surface area (Å²) in [5.41, 5.74) is 0.329. The van der Waals surface area contributed by atoms with E-state index in [4.69, 9.17) is 0 Å². The van der Waals surface area contributed by atoms with Gasteiger partial charge in [0.25, 0.3) is 0 Å². The van der Waals surface area contributed by atoms with Gasteiger partial charge in [0.15, 0.2) is 0 Å².